The van der Waals surface area contributed by atoms with Crippen LogP contribution in [0.2, 0.25) is 4.44 Å². The van der Waals surface area contributed by atoms with Crippen molar-refractivity contribution in [3.05, 3.63) is 0 Å². The van der Waals surface area contributed by atoms with Crippen LogP contribution in [-0.2, 0) is 3.07 Å². The normalized spacial score (nSPS) is 12.0. The molecule has 14 heavy (non-hydrogen) atoms. The van der Waals surface area contributed by atoms with Gasteiger partial charge in [-0.1, -0.05) is 0 Å². The van der Waals surface area contributed by atoms with Gasteiger partial charge in [0.1, 0.15) is 0 Å². The summed E-state index contributed by atoms with van der Waals surface area (Å²) in [5.74, 6) is 1.22. The summed E-state index contributed by atoms with van der Waals surface area (Å²) in [7, 11) is 2.09. The molecule has 1 atom stereocenters. The van der Waals surface area contributed by atoms with E-state index in [1.54, 1.807) is 0 Å². The van der Waals surface area contributed by atoms with Crippen molar-refractivity contribution in [1.82, 2.24) is 0 Å². The fourth-order valence-corrected chi connectivity index (χ4v) is 10.8. The van der Waals surface area contributed by atoms with E-state index in [0.29, 0.717) is 6.04 Å². The van der Waals surface area contributed by atoms with E-state index in [2.05, 4.69) is 29.7 Å². The summed E-state index contributed by atoms with van der Waals surface area (Å²) in [6.07, 6.45) is 2.42. The van der Waals surface area contributed by atoms with Crippen molar-refractivity contribution in [3.63, 3.8) is 0 Å². The van der Waals surface area contributed by atoms with E-state index in [9.17, 15) is 0 Å². The Hall–Kier alpha value is 1.36. The van der Waals surface area contributed by atoms with Gasteiger partial charge in [-0.15, -0.1) is 0 Å². The van der Waals surface area contributed by atoms with Gasteiger partial charge in [0.25, 0.3) is 0 Å². The topological polar surface area (TPSA) is 35.2 Å². The third-order valence-electron chi connectivity index (χ3n) is 1.65. The van der Waals surface area contributed by atoms with Crippen molar-refractivity contribution < 1.29 is 15.5 Å². The first kappa shape index (κ1) is 17.7. The summed E-state index contributed by atoms with van der Waals surface area (Å²) >= 11 is -1.48. The Balaban J connectivity index is 0. The molecule has 0 aliphatic rings. The molecule has 0 aromatic rings. The molecule has 0 spiro atoms. The van der Waals surface area contributed by atoms with Gasteiger partial charge in [-0.2, -0.15) is 0 Å². The summed E-state index contributed by atoms with van der Waals surface area (Å²) < 4.78 is 7.11. The van der Waals surface area contributed by atoms with Gasteiger partial charge >= 0.3 is 93.0 Å². The minimum atomic E-state index is -1.48. The predicted octanol–water partition coefficient (Wildman–Crippen LogP) is -0.604. The summed E-state index contributed by atoms with van der Waals surface area (Å²) in [6, 6.07) is 0.359. The number of hydrogen-bond acceptors (Lipinski definition) is 3. The van der Waals surface area contributed by atoms with E-state index in [1.165, 1.54) is 16.6 Å². The Morgan fingerprint density at radius 3 is 2.50 bits per heavy atom. The van der Waals surface area contributed by atoms with Crippen LogP contribution in [0.3, 0.4) is 0 Å². The smallest absolute Gasteiger partial charge is 1.00 e. The second-order valence-electron chi connectivity index (χ2n) is 3.11. The maximum absolute atomic E-state index is 5.78. The molecule has 0 fully saturated rings. The van der Waals surface area contributed by atoms with Gasteiger partial charge in [-0.25, -0.2) is 0 Å². The van der Waals surface area contributed by atoms with Crippen molar-refractivity contribution in [2.75, 3.05) is 12.4 Å². The standard InChI is InChI=1S/C5H12N.C2H5O.C2H6S.ClH.Sn/c1-3-4-5(2)6;2*1-2-3;;/h5H,1,3-4,6H2,2H3;2H2,1H3;3H,2H2,1H3;1H;/q;-1;;;+3/p-2. The van der Waals surface area contributed by atoms with Crippen molar-refractivity contribution in [3.8, 4) is 0 Å². The van der Waals surface area contributed by atoms with Gasteiger partial charge < -0.3 is 12.4 Å². The second kappa shape index (κ2) is 12.4. The first-order valence-corrected chi connectivity index (χ1v) is 12.7. The number of nitrogens with two attached hydrogens (primary N) is 1. The van der Waals surface area contributed by atoms with Crippen LogP contribution in [0.5, 0.6) is 0 Å². The maximum Gasteiger partial charge on any atom is -1.00 e. The Bertz CT molecular complexity index is 113. The molecule has 2 nitrogen and oxygen atoms in total. The van der Waals surface area contributed by atoms with E-state index in [0.717, 1.165) is 13.0 Å². The van der Waals surface area contributed by atoms with Crippen LogP contribution in [0.25, 0.3) is 0 Å². The molecule has 5 heteroatoms. The van der Waals surface area contributed by atoms with E-state index < -0.39 is 18.8 Å². The van der Waals surface area contributed by atoms with Crippen molar-refractivity contribution in [1.29, 1.82) is 0 Å². The van der Waals surface area contributed by atoms with Gasteiger partial charge in [0.05, 0.1) is 0 Å². The van der Waals surface area contributed by atoms with Crippen LogP contribution in [0, 0.1) is 0 Å². The zero-order valence-corrected chi connectivity index (χ0v) is 13.8. The SMILES string of the molecule is CC[O][Sn+]([CH2]CCC(C)N)[S]CC.[Cl-]. The number of rotatable bonds is 8. The molecule has 0 amide bonds. The largest absolute Gasteiger partial charge is 1.00 e. The molecule has 0 aliphatic carbocycles. The molecule has 86 valence electrons. The summed E-state index contributed by atoms with van der Waals surface area (Å²) in [5, 5.41) is 0. The monoisotopic (exact) mass is 347 g/mol. The molecule has 2 N–H and O–H groups in total. The minimum absolute atomic E-state index is 0. The number of halogens is 1. The quantitative estimate of drug-likeness (QED) is 0.596. The van der Waals surface area contributed by atoms with Crippen LogP contribution < -0.4 is 18.1 Å². The van der Waals surface area contributed by atoms with Crippen LogP contribution in [0.15, 0.2) is 0 Å². The van der Waals surface area contributed by atoms with E-state index in [4.69, 9.17) is 8.81 Å². The van der Waals surface area contributed by atoms with Gasteiger partial charge in [-0.3, -0.25) is 0 Å². The first-order chi connectivity index (χ1) is 6.20. The Kier molecular flexibility index (Phi) is 15.8. The van der Waals surface area contributed by atoms with Gasteiger partial charge in [0, 0.05) is 0 Å². The summed E-state index contributed by atoms with van der Waals surface area (Å²) in [6.45, 7) is 7.30. The molecule has 0 bridgehead atoms. The molecule has 0 aliphatic heterocycles. The van der Waals surface area contributed by atoms with Crippen molar-refractivity contribution in [2.45, 2.75) is 44.1 Å². The van der Waals surface area contributed by atoms with Crippen LogP contribution in [0.1, 0.15) is 33.6 Å². The Morgan fingerprint density at radius 1 is 1.43 bits per heavy atom. The van der Waals surface area contributed by atoms with Crippen LogP contribution in [0.4, 0.5) is 0 Å². The molecule has 1 unspecified atom stereocenters. The summed E-state index contributed by atoms with van der Waals surface area (Å²) in [4.78, 5) is 0. The third-order valence-corrected chi connectivity index (χ3v) is 13.6. The van der Waals surface area contributed by atoms with E-state index in [-0.39, 0.29) is 12.4 Å². The maximum atomic E-state index is 5.78. The second-order valence-corrected chi connectivity index (χ2v) is 13.9. The van der Waals surface area contributed by atoms with Gasteiger partial charge in [0.15, 0.2) is 0 Å². The molecular weight excluding hydrogens is 324 g/mol. The zero-order chi connectivity index (χ0) is 10.1. The van der Waals surface area contributed by atoms with Crippen LogP contribution >= 0.6 is 8.95 Å². The first-order valence-electron chi connectivity index (χ1n) is 5.07. The molecule has 0 aromatic heterocycles. The Morgan fingerprint density at radius 2 is 2.07 bits per heavy atom. The molecular formula is C9H22ClNOSSn. The van der Waals surface area contributed by atoms with Crippen molar-refractivity contribution in [2.24, 2.45) is 5.73 Å². The minimum Gasteiger partial charge on any atom is -1.00 e. The summed E-state index contributed by atoms with van der Waals surface area (Å²) in [5.41, 5.74) is 5.70. The van der Waals surface area contributed by atoms with Gasteiger partial charge in [-0.05, 0) is 0 Å². The average Bonchev–Trinajstić information content (AvgIpc) is 2.04. The predicted molar refractivity (Wildman–Crippen MR) is 63.2 cm³/mol. The molecule has 0 saturated carbocycles. The average molecular weight is 347 g/mol. The number of hydrogen-bond donors (Lipinski definition) is 1. The van der Waals surface area contributed by atoms with E-state index in [1.807, 2.05) is 0 Å². The molecule has 0 heterocycles. The third kappa shape index (κ3) is 11.4. The van der Waals surface area contributed by atoms with E-state index >= 15 is 0 Å². The molecule has 0 aromatic carbocycles. The molecule has 0 rings (SSSR count). The zero-order valence-electron chi connectivity index (χ0n) is 9.38. The fraction of sp³-hybridized carbons (Fsp3) is 1.00. The molecule has 0 saturated heterocycles. The van der Waals surface area contributed by atoms with Crippen LogP contribution in [-0.4, -0.2) is 37.2 Å². The fourth-order valence-electron chi connectivity index (χ4n) is 1.08. The molecule has 0 radical (unpaired) electrons. The van der Waals surface area contributed by atoms with Crippen molar-refractivity contribution >= 4 is 27.7 Å². The van der Waals surface area contributed by atoms with Gasteiger partial charge in [0.2, 0.25) is 0 Å². The Labute approximate surface area is 105 Å².